The van der Waals surface area contributed by atoms with Crippen LogP contribution in [0, 0.1) is 20.8 Å². The van der Waals surface area contributed by atoms with Crippen molar-refractivity contribution < 1.29 is 4.42 Å². The number of aryl methyl sites for hydroxylation is 3. The van der Waals surface area contributed by atoms with Crippen LogP contribution in [0.4, 0.5) is 17.1 Å². The van der Waals surface area contributed by atoms with Crippen LogP contribution in [0.3, 0.4) is 0 Å². The van der Waals surface area contributed by atoms with E-state index in [1.54, 1.807) is 0 Å². The summed E-state index contributed by atoms with van der Waals surface area (Å²) in [6.07, 6.45) is 0. The van der Waals surface area contributed by atoms with Crippen LogP contribution in [0.5, 0.6) is 0 Å². The van der Waals surface area contributed by atoms with Crippen LogP contribution in [0.25, 0.3) is 54.9 Å². The van der Waals surface area contributed by atoms with Crippen molar-refractivity contribution in [1.82, 2.24) is 4.48 Å². The predicted octanol–water partition coefficient (Wildman–Crippen LogP) is 10.7. The third kappa shape index (κ3) is 3.98. The molecular weight excluding hydrogens is 595 g/mol. The van der Waals surface area contributed by atoms with Gasteiger partial charge >= 0.3 is 6.85 Å². The molecule has 1 aliphatic rings. The van der Waals surface area contributed by atoms with Crippen LogP contribution >= 0.6 is 0 Å². The number of fused-ring (bicyclic) bond motifs is 8. The van der Waals surface area contributed by atoms with Gasteiger partial charge in [-0.1, -0.05) is 120 Å². The van der Waals surface area contributed by atoms with Crippen LogP contribution in [0.2, 0.25) is 0 Å². The van der Waals surface area contributed by atoms with Gasteiger partial charge in [-0.2, -0.15) is 0 Å². The molecule has 0 aliphatic carbocycles. The molecule has 0 spiro atoms. The lowest BCUT2D eigenvalue weighted by atomic mass is 9.45. The van der Waals surface area contributed by atoms with E-state index in [9.17, 15) is 0 Å². The van der Waals surface area contributed by atoms with E-state index in [2.05, 4.69) is 176 Å². The standard InChI is InChI=1S/C45H33BN2O/c1-28-25-29(2)42(30(3)26-28)46-43-37(35-22-14-21-34-33-19-10-12-23-38(33)48(46)44(34)35)27-40-41(36-20-11-13-24-39(36)49-40)45(43)47(31-15-6-4-7-16-31)32-17-8-5-9-18-32/h4-27H,1-3H3. The number of benzene rings is 7. The Hall–Kier alpha value is -6.00. The first kappa shape index (κ1) is 28.1. The number of hydrogen-bond acceptors (Lipinski definition) is 2. The summed E-state index contributed by atoms with van der Waals surface area (Å²) >= 11 is 0. The molecule has 49 heavy (non-hydrogen) atoms. The quantitative estimate of drug-likeness (QED) is 0.181. The molecule has 0 radical (unpaired) electrons. The molecule has 7 aromatic carbocycles. The first-order chi connectivity index (χ1) is 24.1. The van der Waals surface area contributed by atoms with Gasteiger partial charge in [0.25, 0.3) is 0 Å². The fourth-order valence-corrected chi connectivity index (χ4v) is 8.74. The Morgan fingerprint density at radius 1 is 0.531 bits per heavy atom. The summed E-state index contributed by atoms with van der Waals surface area (Å²) in [4.78, 5) is 2.46. The molecule has 0 unspecified atom stereocenters. The van der Waals surface area contributed by atoms with Crippen LogP contribution in [0.1, 0.15) is 16.7 Å². The van der Waals surface area contributed by atoms with Crippen molar-refractivity contribution in [2.45, 2.75) is 20.8 Å². The second-order valence-electron chi connectivity index (χ2n) is 13.5. The van der Waals surface area contributed by atoms with Crippen molar-refractivity contribution in [3.63, 3.8) is 0 Å². The monoisotopic (exact) mass is 628 g/mol. The van der Waals surface area contributed by atoms with E-state index in [1.165, 1.54) is 60.5 Å². The summed E-state index contributed by atoms with van der Waals surface area (Å²) in [5.41, 5.74) is 16.6. The van der Waals surface area contributed by atoms with Gasteiger partial charge < -0.3 is 13.8 Å². The number of rotatable bonds is 4. The fraction of sp³-hybridized carbons (Fsp3) is 0.0667. The molecule has 2 aromatic heterocycles. The third-order valence-corrected chi connectivity index (χ3v) is 10.5. The Bertz CT molecular complexity index is 2700. The van der Waals surface area contributed by atoms with Crippen molar-refractivity contribution in [2.75, 3.05) is 4.90 Å². The molecule has 9 aromatic rings. The van der Waals surface area contributed by atoms with Gasteiger partial charge in [-0.3, -0.25) is 0 Å². The minimum absolute atomic E-state index is 0.101. The molecule has 0 amide bonds. The van der Waals surface area contributed by atoms with Crippen molar-refractivity contribution in [2.24, 2.45) is 0 Å². The summed E-state index contributed by atoms with van der Waals surface area (Å²) in [5, 5.41) is 4.80. The number of nitrogens with zero attached hydrogens (tertiary/aromatic N) is 2. The first-order valence-electron chi connectivity index (χ1n) is 17.1. The van der Waals surface area contributed by atoms with Crippen molar-refractivity contribution in [3.05, 3.63) is 162 Å². The van der Waals surface area contributed by atoms with Gasteiger partial charge in [-0.05, 0) is 79.7 Å². The minimum Gasteiger partial charge on any atom is -0.456 e. The molecule has 3 heterocycles. The highest BCUT2D eigenvalue weighted by molar-refractivity contribution is 6.89. The maximum atomic E-state index is 6.79. The van der Waals surface area contributed by atoms with Gasteiger partial charge in [0.05, 0.1) is 11.1 Å². The molecule has 0 fully saturated rings. The summed E-state index contributed by atoms with van der Waals surface area (Å²) in [6.45, 7) is 6.68. The van der Waals surface area contributed by atoms with Crippen LogP contribution in [-0.2, 0) is 0 Å². The fourth-order valence-electron chi connectivity index (χ4n) is 8.74. The van der Waals surface area contributed by atoms with E-state index >= 15 is 0 Å². The molecule has 0 atom stereocenters. The van der Waals surface area contributed by atoms with Crippen molar-refractivity contribution >= 4 is 78.6 Å². The van der Waals surface area contributed by atoms with E-state index in [0.29, 0.717) is 0 Å². The van der Waals surface area contributed by atoms with E-state index in [-0.39, 0.29) is 6.85 Å². The number of furan rings is 1. The van der Waals surface area contributed by atoms with E-state index in [1.807, 2.05) is 0 Å². The van der Waals surface area contributed by atoms with Crippen LogP contribution in [-0.4, -0.2) is 11.3 Å². The zero-order valence-electron chi connectivity index (χ0n) is 27.7. The number of aromatic nitrogens is 1. The summed E-state index contributed by atoms with van der Waals surface area (Å²) in [7, 11) is 0. The lowest BCUT2D eigenvalue weighted by Crippen LogP contribution is -2.54. The highest BCUT2D eigenvalue weighted by atomic mass is 16.3. The number of anilines is 3. The zero-order chi connectivity index (χ0) is 32.8. The van der Waals surface area contributed by atoms with Gasteiger partial charge in [-0.25, -0.2) is 0 Å². The van der Waals surface area contributed by atoms with Gasteiger partial charge in [0.15, 0.2) is 0 Å². The highest BCUT2D eigenvalue weighted by Gasteiger charge is 2.40. The van der Waals surface area contributed by atoms with Crippen LogP contribution in [0.15, 0.2) is 150 Å². The topological polar surface area (TPSA) is 21.3 Å². The normalized spacial score (nSPS) is 12.3. The second kappa shape index (κ2) is 10.5. The summed E-state index contributed by atoms with van der Waals surface area (Å²) < 4.78 is 9.43. The maximum Gasteiger partial charge on any atom is 0.331 e. The highest BCUT2D eigenvalue weighted by Crippen LogP contribution is 2.47. The maximum absolute atomic E-state index is 6.79. The van der Waals surface area contributed by atoms with E-state index < -0.39 is 0 Å². The van der Waals surface area contributed by atoms with Gasteiger partial charge in [0.1, 0.15) is 11.2 Å². The molecule has 10 rings (SSSR count). The average Bonchev–Trinajstić information content (AvgIpc) is 3.67. The molecule has 4 heteroatoms. The Balaban J connectivity index is 1.48. The van der Waals surface area contributed by atoms with Gasteiger partial charge in [0, 0.05) is 44.1 Å². The number of hydrogen-bond donors (Lipinski definition) is 0. The largest absolute Gasteiger partial charge is 0.456 e. The van der Waals surface area contributed by atoms with Crippen molar-refractivity contribution in [1.29, 1.82) is 0 Å². The average molecular weight is 629 g/mol. The molecule has 3 nitrogen and oxygen atoms in total. The first-order valence-corrected chi connectivity index (χ1v) is 17.1. The Morgan fingerprint density at radius 2 is 1.14 bits per heavy atom. The third-order valence-electron chi connectivity index (χ3n) is 10.5. The Morgan fingerprint density at radius 3 is 1.86 bits per heavy atom. The summed E-state index contributed by atoms with van der Waals surface area (Å²) in [5.74, 6) is 0. The Labute approximate surface area is 285 Å². The molecular formula is C45H33BN2O. The Kier molecular flexibility index (Phi) is 6.01. The lowest BCUT2D eigenvalue weighted by molar-refractivity contribution is 0.669. The van der Waals surface area contributed by atoms with E-state index in [4.69, 9.17) is 4.42 Å². The molecule has 0 saturated heterocycles. The van der Waals surface area contributed by atoms with Crippen molar-refractivity contribution in [3.8, 4) is 11.1 Å². The number of para-hydroxylation sites is 5. The SMILES string of the molecule is Cc1cc(C)c(B2c3c(cc4oc5ccccc5c4c3N(c3ccccc3)c3ccccc3)-c3cccc4c5ccccc5n2c34)c(C)c1. The smallest absolute Gasteiger partial charge is 0.331 e. The van der Waals surface area contributed by atoms with Gasteiger partial charge in [0.2, 0.25) is 0 Å². The molecule has 0 N–H and O–H groups in total. The predicted molar refractivity (Wildman–Crippen MR) is 208 cm³/mol. The van der Waals surface area contributed by atoms with Crippen LogP contribution < -0.4 is 15.8 Å². The molecule has 0 bridgehead atoms. The van der Waals surface area contributed by atoms with Gasteiger partial charge in [-0.15, -0.1) is 0 Å². The molecule has 1 aliphatic heterocycles. The minimum atomic E-state index is -0.101. The zero-order valence-corrected chi connectivity index (χ0v) is 27.7. The molecule has 0 saturated carbocycles. The summed E-state index contributed by atoms with van der Waals surface area (Å²) in [6, 6.07) is 52.9. The molecule has 232 valence electrons. The van der Waals surface area contributed by atoms with E-state index in [0.717, 1.165) is 39.0 Å². The lowest BCUT2D eigenvalue weighted by Gasteiger charge is -2.36. The second-order valence-corrected chi connectivity index (χ2v) is 13.5.